The lowest BCUT2D eigenvalue weighted by atomic mass is 10.2. The zero-order valence-corrected chi connectivity index (χ0v) is 15.8. The molecular weight excluding hydrogens is 371 g/mol. The number of hydrogen-bond acceptors (Lipinski definition) is 3. The number of halogens is 3. The number of amides is 1. The predicted molar refractivity (Wildman–Crippen MR) is 98.1 cm³/mol. The number of rotatable bonds is 7. The Morgan fingerprint density at radius 2 is 1.79 bits per heavy atom. The summed E-state index contributed by atoms with van der Waals surface area (Å²) in [5.74, 6) is 0.0247. The lowest BCUT2D eigenvalue weighted by Crippen LogP contribution is -2.32. The molecule has 4 nitrogen and oxygen atoms in total. The molecule has 0 N–H and O–H groups in total. The summed E-state index contributed by atoms with van der Waals surface area (Å²) in [6.07, 6.45) is 0.842. The zero-order valence-electron chi connectivity index (χ0n) is 13.6. The summed E-state index contributed by atoms with van der Waals surface area (Å²) in [6.45, 7) is 1.89. The van der Waals surface area contributed by atoms with Crippen LogP contribution in [-0.2, 0) is 6.54 Å². The van der Waals surface area contributed by atoms with Crippen LogP contribution in [0.2, 0.25) is 15.3 Å². The highest BCUT2D eigenvalue weighted by Crippen LogP contribution is 2.24. The highest BCUT2D eigenvalue weighted by Gasteiger charge is 2.19. The van der Waals surface area contributed by atoms with Crippen molar-refractivity contribution >= 4 is 40.7 Å². The van der Waals surface area contributed by atoms with Gasteiger partial charge in [0.05, 0.1) is 10.0 Å². The Kier molecular flexibility index (Phi) is 6.99. The lowest BCUT2D eigenvalue weighted by Gasteiger charge is -2.23. The van der Waals surface area contributed by atoms with Crippen molar-refractivity contribution in [1.29, 1.82) is 0 Å². The normalized spacial score (nSPS) is 11.1. The first-order valence-electron chi connectivity index (χ1n) is 7.50. The molecule has 1 heterocycles. The van der Waals surface area contributed by atoms with Crippen molar-refractivity contribution < 1.29 is 9.21 Å². The van der Waals surface area contributed by atoms with Gasteiger partial charge in [-0.25, -0.2) is 0 Å². The first kappa shape index (κ1) is 19.1. The van der Waals surface area contributed by atoms with Crippen molar-refractivity contribution in [3.63, 3.8) is 0 Å². The zero-order chi connectivity index (χ0) is 17.7. The Balaban J connectivity index is 2.14. The number of nitrogens with zero attached hydrogens (tertiary/aromatic N) is 2. The molecule has 2 rings (SSSR count). The van der Waals surface area contributed by atoms with E-state index in [0.29, 0.717) is 23.1 Å². The number of benzene rings is 1. The Bertz CT molecular complexity index is 701. The maximum Gasteiger partial charge on any atom is 0.289 e. The second-order valence-corrected chi connectivity index (χ2v) is 6.92. The van der Waals surface area contributed by atoms with Gasteiger partial charge in [0, 0.05) is 13.1 Å². The van der Waals surface area contributed by atoms with Crippen LogP contribution in [0.5, 0.6) is 0 Å². The number of hydrogen-bond donors (Lipinski definition) is 0. The van der Waals surface area contributed by atoms with Crippen molar-refractivity contribution in [2.75, 3.05) is 27.2 Å². The van der Waals surface area contributed by atoms with E-state index in [1.165, 1.54) is 0 Å². The van der Waals surface area contributed by atoms with E-state index in [1.807, 2.05) is 20.2 Å². The summed E-state index contributed by atoms with van der Waals surface area (Å²) in [4.78, 5) is 16.5. The van der Waals surface area contributed by atoms with E-state index < -0.39 is 0 Å². The summed E-state index contributed by atoms with van der Waals surface area (Å²) in [5.41, 5.74) is 0.903. The summed E-state index contributed by atoms with van der Waals surface area (Å²) >= 11 is 17.8. The Morgan fingerprint density at radius 1 is 1.04 bits per heavy atom. The molecule has 0 unspecified atom stereocenters. The van der Waals surface area contributed by atoms with Gasteiger partial charge in [0.25, 0.3) is 5.91 Å². The van der Waals surface area contributed by atoms with E-state index in [4.69, 9.17) is 39.2 Å². The van der Waals surface area contributed by atoms with E-state index in [9.17, 15) is 4.79 Å². The van der Waals surface area contributed by atoms with Gasteiger partial charge in [-0.15, -0.1) is 0 Å². The quantitative estimate of drug-likeness (QED) is 0.680. The molecule has 1 aromatic carbocycles. The van der Waals surface area contributed by atoms with Crippen LogP contribution in [-0.4, -0.2) is 42.9 Å². The minimum Gasteiger partial charge on any atom is -0.440 e. The molecular formula is C17H19Cl3N2O2. The van der Waals surface area contributed by atoms with Crippen LogP contribution in [0.4, 0.5) is 0 Å². The molecule has 0 aliphatic heterocycles. The van der Waals surface area contributed by atoms with E-state index in [1.54, 1.807) is 29.2 Å². The fourth-order valence-electron chi connectivity index (χ4n) is 2.27. The Morgan fingerprint density at radius 3 is 2.38 bits per heavy atom. The van der Waals surface area contributed by atoms with Gasteiger partial charge in [-0.3, -0.25) is 4.79 Å². The molecule has 0 fully saturated rings. The van der Waals surface area contributed by atoms with Crippen LogP contribution in [0.15, 0.2) is 34.7 Å². The fraction of sp³-hybridized carbons (Fsp3) is 0.353. The molecule has 0 atom stereocenters. The molecule has 1 aromatic heterocycles. The van der Waals surface area contributed by atoms with E-state index in [2.05, 4.69) is 4.90 Å². The number of furan rings is 1. The molecule has 0 radical (unpaired) electrons. The van der Waals surface area contributed by atoms with E-state index >= 15 is 0 Å². The van der Waals surface area contributed by atoms with Crippen molar-refractivity contribution in [2.45, 2.75) is 13.0 Å². The third kappa shape index (κ3) is 5.42. The van der Waals surface area contributed by atoms with Crippen molar-refractivity contribution in [1.82, 2.24) is 9.80 Å². The summed E-state index contributed by atoms with van der Waals surface area (Å²) in [7, 11) is 3.99. The molecule has 0 spiro atoms. The van der Waals surface area contributed by atoms with Crippen molar-refractivity contribution in [2.24, 2.45) is 0 Å². The molecule has 130 valence electrons. The van der Waals surface area contributed by atoms with E-state index in [0.717, 1.165) is 18.5 Å². The standard InChI is InChI=1S/C17H19Cl3N2O2/c1-21(2)8-3-9-22(17(23)15-6-7-16(20)24-15)11-12-4-5-13(18)14(19)10-12/h4-7,10H,3,8-9,11H2,1-2H3. The molecule has 7 heteroatoms. The molecule has 2 aromatic rings. The minimum absolute atomic E-state index is 0.195. The summed E-state index contributed by atoms with van der Waals surface area (Å²) in [5, 5.41) is 1.15. The smallest absolute Gasteiger partial charge is 0.289 e. The second-order valence-electron chi connectivity index (χ2n) is 5.74. The van der Waals surface area contributed by atoms with Gasteiger partial charge >= 0.3 is 0 Å². The largest absolute Gasteiger partial charge is 0.440 e. The average Bonchev–Trinajstić information content (AvgIpc) is 2.95. The predicted octanol–water partition coefficient (Wildman–Crippen LogP) is 4.83. The van der Waals surface area contributed by atoms with Gasteiger partial charge in [0.15, 0.2) is 11.0 Å². The molecule has 1 amide bonds. The van der Waals surface area contributed by atoms with Crippen LogP contribution in [0.1, 0.15) is 22.5 Å². The maximum atomic E-state index is 12.7. The van der Waals surface area contributed by atoms with Crippen LogP contribution < -0.4 is 0 Å². The van der Waals surface area contributed by atoms with Gasteiger partial charge in [0.1, 0.15) is 0 Å². The number of carbonyl (C=O) groups is 1. The minimum atomic E-state index is -0.202. The Labute approximate surface area is 156 Å². The van der Waals surface area contributed by atoms with Gasteiger partial charge < -0.3 is 14.2 Å². The average molecular weight is 390 g/mol. The first-order valence-corrected chi connectivity index (χ1v) is 8.63. The second kappa shape index (κ2) is 8.77. The van der Waals surface area contributed by atoms with E-state index in [-0.39, 0.29) is 16.9 Å². The number of carbonyl (C=O) groups excluding carboxylic acids is 1. The molecule has 0 saturated carbocycles. The van der Waals surface area contributed by atoms with Crippen LogP contribution >= 0.6 is 34.8 Å². The monoisotopic (exact) mass is 388 g/mol. The van der Waals surface area contributed by atoms with Crippen molar-refractivity contribution in [3.05, 3.63) is 56.9 Å². The molecule has 0 bridgehead atoms. The topological polar surface area (TPSA) is 36.7 Å². The highest BCUT2D eigenvalue weighted by atomic mass is 35.5. The third-order valence-electron chi connectivity index (χ3n) is 3.46. The van der Waals surface area contributed by atoms with Crippen molar-refractivity contribution in [3.8, 4) is 0 Å². The van der Waals surface area contributed by atoms with Gasteiger partial charge in [-0.2, -0.15) is 0 Å². The highest BCUT2D eigenvalue weighted by molar-refractivity contribution is 6.42. The molecule has 0 aliphatic carbocycles. The molecule has 0 aliphatic rings. The molecule has 0 saturated heterocycles. The fourth-order valence-corrected chi connectivity index (χ4v) is 2.74. The van der Waals surface area contributed by atoms with Gasteiger partial charge in [-0.05, 0) is 68.5 Å². The van der Waals surface area contributed by atoms with Crippen LogP contribution in [0, 0.1) is 0 Å². The lowest BCUT2D eigenvalue weighted by molar-refractivity contribution is 0.0705. The first-order chi connectivity index (χ1) is 11.4. The summed E-state index contributed by atoms with van der Waals surface area (Å²) in [6, 6.07) is 8.50. The molecule has 24 heavy (non-hydrogen) atoms. The maximum absolute atomic E-state index is 12.7. The van der Waals surface area contributed by atoms with Crippen LogP contribution in [0.3, 0.4) is 0 Å². The summed E-state index contributed by atoms with van der Waals surface area (Å²) < 4.78 is 5.25. The van der Waals surface area contributed by atoms with Gasteiger partial charge in [0.2, 0.25) is 0 Å². The van der Waals surface area contributed by atoms with Crippen LogP contribution in [0.25, 0.3) is 0 Å². The SMILES string of the molecule is CN(C)CCCN(Cc1ccc(Cl)c(Cl)c1)C(=O)c1ccc(Cl)o1. The van der Waals surface area contributed by atoms with Gasteiger partial charge in [-0.1, -0.05) is 29.3 Å². The Hall–Kier alpha value is -1.20. The third-order valence-corrected chi connectivity index (χ3v) is 4.40.